The molecule has 2 heterocycles. The highest BCUT2D eigenvalue weighted by Crippen LogP contribution is 2.14. The topological polar surface area (TPSA) is 43.6 Å². The van der Waals surface area contributed by atoms with Gasteiger partial charge in [-0.2, -0.15) is 0 Å². The number of aryl methyl sites for hydroxylation is 2. The molecule has 0 radical (unpaired) electrons. The average molecular weight is 280 g/mol. The van der Waals surface area contributed by atoms with Gasteiger partial charge in [-0.05, 0) is 38.1 Å². The number of imidazole rings is 1. The lowest BCUT2D eigenvalue weighted by Gasteiger charge is -2.06. The van der Waals surface area contributed by atoms with Crippen molar-refractivity contribution in [3.05, 3.63) is 71.2 Å². The first-order chi connectivity index (χ1) is 10.1. The van der Waals surface area contributed by atoms with Crippen LogP contribution in [0.25, 0.3) is 5.65 Å². The smallest absolute Gasteiger partial charge is 0.338 e. The second-order valence-corrected chi connectivity index (χ2v) is 5.02. The molecule has 0 saturated carbocycles. The fourth-order valence-electron chi connectivity index (χ4n) is 2.33. The predicted molar refractivity (Wildman–Crippen MR) is 80.2 cm³/mol. The lowest BCUT2D eigenvalue weighted by atomic mass is 10.1. The van der Waals surface area contributed by atoms with E-state index < -0.39 is 0 Å². The number of rotatable bonds is 3. The summed E-state index contributed by atoms with van der Waals surface area (Å²) in [6, 6.07) is 13.2. The van der Waals surface area contributed by atoms with Crippen LogP contribution in [0.15, 0.2) is 48.7 Å². The maximum Gasteiger partial charge on any atom is 0.338 e. The standard InChI is InChI=1S/C17H16N2O2/c1-12-6-5-7-14(10-12)17(20)21-11-15-13(2)18-16-8-3-4-9-19(15)16/h3-10H,11H2,1-2H3. The second-order valence-electron chi connectivity index (χ2n) is 5.02. The monoisotopic (exact) mass is 280 g/mol. The summed E-state index contributed by atoms with van der Waals surface area (Å²) in [5, 5.41) is 0. The fourth-order valence-corrected chi connectivity index (χ4v) is 2.33. The molecule has 106 valence electrons. The van der Waals surface area contributed by atoms with E-state index in [-0.39, 0.29) is 12.6 Å². The van der Waals surface area contributed by atoms with E-state index >= 15 is 0 Å². The van der Waals surface area contributed by atoms with Gasteiger partial charge < -0.3 is 9.14 Å². The molecule has 0 fully saturated rings. The highest BCUT2D eigenvalue weighted by atomic mass is 16.5. The van der Waals surface area contributed by atoms with Crippen LogP contribution < -0.4 is 0 Å². The van der Waals surface area contributed by atoms with Crippen molar-refractivity contribution in [3.63, 3.8) is 0 Å². The molecule has 2 aromatic heterocycles. The molecule has 21 heavy (non-hydrogen) atoms. The number of pyridine rings is 1. The summed E-state index contributed by atoms with van der Waals surface area (Å²) in [5.41, 5.74) is 4.23. The fraction of sp³-hybridized carbons (Fsp3) is 0.176. The van der Waals surface area contributed by atoms with Crippen LogP contribution in [-0.2, 0) is 11.3 Å². The zero-order valence-corrected chi connectivity index (χ0v) is 12.0. The van der Waals surface area contributed by atoms with Crippen molar-refractivity contribution >= 4 is 11.6 Å². The number of hydrogen-bond donors (Lipinski definition) is 0. The van der Waals surface area contributed by atoms with Crippen LogP contribution in [-0.4, -0.2) is 15.4 Å². The summed E-state index contributed by atoms with van der Waals surface area (Å²) in [5.74, 6) is -0.316. The van der Waals surface area contributed by atoms with Crippen molar-refractivity contribution in [1.29, 1.82) is 0 Å². The number of carbonyl (C=O) groups is 1. The van der Waals surface area contributed by atoms with Gasteiger partial charge >= 0.3 is 5.97 Å². The molecule has 4 heteroatoms. The SMILES string of the molecule is Cc1cccc(C(=O)OCc2c(C)nc3ccccn23)c1. The van der Waals surface area contributed by atoms with Crippen molar-refractivity contribution < 1.29 is 9.53 Å². The normalized spacial score (nSPS) is 10.8. The number of carbonyl (C=O) groups excluding carboxylic acids is 1. The highest BCUT2D eigenvalue weighted by Gasteiger charge is 2.12. The van der Waals surface area contributed by atoms with Crippen molar-refractivity contribution in [1.82, 2.24) is 9.38 Å². The van der Waals surface area contributed by atoms with E-state index in [0.29, 0.717) is 5.56 Å². The minimum Gasteiger partial charge on any atom is -0.456 e. The molecule has 1 aromatic carbocycles. The van der Waals surface area contributed by atoms with Gasteiger partial charge in [-0.25, -0.2) is 9.78 Å². The molecule has 0 aliphatic carbocycles. The highest BCUT2D eigenvalue weighted by molar-refractivity contribution is 5.89. The quantitative estimate of drug-likeness (QED) is 0.691. The summed E-state index contributed by atoms with van der Waals surface area (Å²) >= 11 is 0. The van der Waals surface area contributed by atoms with Crippen molar-refractivity contribution in [2.75, 3.05) is 0 Å². The van der Waals surface area contributed by atoms with Gasteiger partial charge in [-0.3, -0.25) is 0 Å². The van der Waals surface area contributed by atoms with Gasteiger partial charge in [0.25, 0.3) is 0 Å². The molecule has 0 aliphatic heterocycles. The Labute approximate surface area is 123 Å². The molecule has 0 saturated heterocycles. The van der Waals surface area contributed by atoms with Gasteiger partial charge in [0.05, 0.1) is 17.0 Å². The first kappa shape index (κ1) is 13.4. The molecule has 3 aromatic rings. The zero-order chi connectivity index (χ0) is 14.8. The Morgan fingerprint density at radius 2 is 2.05 bits per heavy atom. The summed E-state index contributed by atoms with van der Waals surface area (Å²) in [7, 11) is 0. The third-order valence-corrected chi connectivity index (χ3v) is 3.42. The van der Waals surface area contributed by atoms with Crippen LogP contribution in [0.4, 0.5) is 0 Å². The minimum atomic E-state index is -0.316. The maximum atomic E-state index is 12.1. The van der Waals surface area contributed by atoms with Crippen LogP contribution in [0.3, 0.4) is 0 Å². The van der Waals surface area contributed by atoms with Gasteiger partial charge in [0, 0.05) is 6.20 Å². The largest absolute Gasteiger partial charge is 0.456 e. The first-order valence-electron chi connectivity index (χ1n) is 6.81. The van der Waals surface area contributed by atoms with Crippen molar-refractivity contribution in [3.8, 4) is 0 Å². The molecule has 0 bridgehead atoms. The van der Waals surface area contributed by atoms with E-state index in [4.69, 9.17) is 4.74 Å². The average Bonchev–Trinajstić information content (AvgIpc) is 2.80. The lowest BCUT2D eigenvalue weighted by Crippen LogP contribution is -2.07. The number of benzene rings is 1. The minimum absolute atomic E-state index is 0.212. The Morgan fingerprint density at radius 3 is 2.86 bits per heavy atom. The molecular weight excluding hydrogens is 264 g/mol. The molecule has 0 unspecified atom stereocenters. The maximum absolute atomic E-state index is 12.1. The number of aromatic nitrogens is 2. The van der Waals surface area contributed by atoms with E-state index in [2.05, 4.69) is 4.98 Å². The number of fused-ring (bicyclic) bond motifs is 1. The molecule has 0 spiro atoms. The van der Waals surface area contributed by atoms with Gasteiger partial charge in [0.2, 0.25) is 0 Å². The number of nitrogens with zero attached hydrogens (tertiary/aromatic N) is 2. The molecule has 4 nitrogen and oxygen atoms in total. The van der Waals surface area contributed by atoms with Crippen LogP contribution in [0.5, 0.6) is 0 Å². The zero-order valence-electron chi connectivity index (χ0n) is 12.0. The van der Waals surface area contributed by atoms with Crippen LogP contribution in [0, 0.1) is 13.8 Å². The van der Waals surface area contributed by atoms with Gasteiger partial charge in [0.15, 0.2) is 0 Å². The second kappa shape index (κ2) is 5.40. The van der Waals surface area contributed by atoms with E-state index in [9.17, 15) is 4.79 Å². The predicted octanol–water partition coefficient (Wildman–Crippen LogP) is 3.31. The van der Waals surface area contributed by atoms with Gasteiger partial charge in [-0.15, -0.1) is 0 Å². The molecule has 3 rings (SSSR count). The number of hydrogen-bond acceptors (Lipinski definition) is 3. The summed E-state index contributed by atoms with van der Waals surface area (Å²) in [6.07, 6.45) is 1.92. The third-order valence-electron chi connectivity index (χ3n) is 3.42. The van der Waals surface area contributed by atoms with Crippen molar-refractivity contribution in [2.24, 2.45) is 0 Å². The summed E-state index contributed by atoms with van der Waals surface area (Å²) in [4.78, 5) is 16.5. The van der Waals surface area contributed by atoms with E-state index in [1.165, 1.54) is 0 Å². The van der Waals surface area contributed by atoms with Crippen LogP contribution in [0.2, 0.25) is 0 Å². The molecule has 0 aliphatic rings. The van der Waals surface area contributed by atoms with E-state index in [1.54, 1.807) is 6.07 Å². The summed E-state index contributed by atoms with van der Waals surface area (Å²) < 4.78 is 7.36. The molecule has 0 N–H and O–H groups in total. The Morgan fingerprint density at radius 1 is 1.19 bits per heavy atom. The van der Waals surface area contributed by atoms with Gasteiger partial charge in [-0.1, -0.05) is 23.8 Å². The van der Waals surface area contributed by atoms with Gasteiger partial charge in [0.1, 0.15) is 12.3 Å². The Balaban J connectivity index is 1.80. The number of ether oxygens (including phenoxy) is 1. The van der Waals surface area contributed by atoms with E-state index in [0.717, 1.165) is 22.6 Å². The first-order valence-corrected chi connectivity index (χ1v) is 6.81. The van der Waals surface area contributed by atoms with Crippen LogP contribution in [0.1, 0.15) is 27.3 Å². The Bertz CT molecular complexity index is 805. The molecule has 0 amide bonds. The Kier molecular flexibility index (Phi) is 3.44. The lowest BCUT2D eigenvalue weighted by molar-refractivity contribution is 0.0466. The van der Waals surface area contributed by atoms with Crippen molar-refractivity contribution in [2.45, 2.75) is 20.5 Å². The molecular formula is C17H16N2O2. The third kappa shape index (κ3) is 2.65. The number of esters is 1. The summed E-state index contributed by atoms with van der Waals surface area (Å²) in [6.45, 7) is 4.08. The molecule has 0 atom stereocenters. The van der Waals surface area contributed by atoms with Crippen LogP contribution >= 0.6 is 0 Å². The Hall–Kier alpha value is -2.62. The van der Waals surface area contributed by atoms with E-state index in [1.807, 2.05) is 60.8 Å².